The molecule has 0 aliphatic carbocycles. The van der Waals surface area contributed by atoms with Crippen molar-refractivity contribution in [2.75, 3.05) is 53.3 Å². The van der Waals surface area contributed by atoms with Crippen LogP contribution in [-0.4, -0.2) is 75.1 Å². The van der Waals surface area contributed by atoms with Gasteiger partial charge in [-0.3, -0.25) is 13.6 Å². The third kappa shape index (κ3) is 26.2. The maximum atomic E-state index is 11.9. The van der Waals surface area contributed by atoms with Gasteiger partial charge in [-0.1, -0.05) is 40.0 Å². The fraction of sp³-hybridized carbons (Fsp3) is 0.733. The number of unbranched alkanes of at least 4 members (excludes halogenated alkanes) is 6. The van der Waals surface area contributed by atoms with Gasteiger partial charge in [0.2, 0.25) is 0 Å². The average Bonchev–Trinajstić information content (AvgIpc) is 2.97. The van der Waals surface area contributed by atoms with Crippen molar-refractivity contribution in [2.45, 2.75) is 92.6 Å². The Bertz CT molecular complexity index is 1050. The zero-order chi connectivity index (χ0) is 34.1. The Morgan fingerprint density at radius 3 is 2.00 bits per heavy atom. The van der Waals surface area contributed by atoms with E-state index in [0.29, 0.717) is 31.9 Å². The van der Waals surface area contributed by atoms with E-state index in [2.05, 4.69) is 14.4 Å². The number of phosphoric acid groups is 1. The van der Waals surface area contributed by atoms with E-state index in [0.717, 1.165) is 75.2 Å². The first-order chi connectivity index (χ1) is 21.2. The lowest BCUT2D eigenvalue weighted by molar-refractivity contribution is -0.139. The molecular formula is C30H58N2O12P2. The molecule has 16 heteroatoms. The van der Waals surface area contributed by atoms with Gasteiger partial charge in [0.05, 0.1) is 13.2 Å². The summed E-state index contributed by atoms with van der Waals surface area (Å²) in [6.07, 6.45) is 7.25. The van der Waals surface area contributed by atoms with Crippen LogP contribution in [0.5, 0.6) is 5.75 Å². The van der Waals surface area contributed by atoms with Crippen molar-refractivity contribution in [3.63, 3.8) is 0 Å². The van der Waals surface area contributed by atoms with Crippen molar-refractivity contribution in [1.82, 2.24) is 5.32 Å². The van der Waals surface area contributed by atoms with Gasteiger partial charge in [0.25, 0.3) is 0 Å². The van der Waals surface area contributed by atoms with Crippen molar-refractivity contribution >= 4 is 27.5 Å². The number of ether oxygens (including phenoxy) is 3. The van der Waals surface area contributed by atoms with Crippen molar-refractivity contribution in [3.8, 4) is 5.75 Å². The largest absolute Gasteiger partial charge is 0.471 e. The molecule has 0 aliphatic rings. The molecule has 1 amide bonds. The second-order valence-electron chi connectivity index (χ2n) is 10.3. The summed E-state index contributed by atoms with van der Waals surface area (Å²) >= 11 is 0. The van der Waals surface area contributed by atoms with Gasteiger partial charge in [-0.05, 0) is 81.3 Å². The van der Waals surface area contributed by atoms with Crippen molar-refractivity contribution in [3.05, 3.63) is 28.8 Å². The van der Waals surface area contributed by atoms with E-state index in [1.54, 1.807) is 0 Å². The topological polar surface area (TPSA) is 202 Å². The van der Waals surface area contributed by atoms with Crippen molar-refractivity contribution in [1.29, 1.82) is 0 Å². The van der Waals surface area contributed by atoms with Crippen LogP contribution in [0.15, 0.2) is 12.1 Å². The normalized spacial score (nSPS) is 13.3. The minimum Gasteiger partial charge on any atom is -0.445 e. The summed E-state index contributed by atoms with van der Waals surface area (Å²) in [4.78, 5) is 41.6. The average molecular weight is 701 g/mol. The van der Waals surface area contributed by atoms with Gasteiger partial charge in [-0.25, -0.2) is 14.2 Å². The third-order valence-corrected chi connectivity index (χ3v) is 7.56. The van der Waals surface area contributed by atoms with Crippen LogP contribution >= 0.6 is 15.4 Å². The number of benzene rings is 1. The zero-order valence-electron chi connectivity index (χ0n) is 27.4. The van der Waals surface area contributed by atoms with Crippen LogP contribution in [0.4, 0.5) is 4.79 Å². The molecule has 0 fully saturated rings. The maximum Gasteiger partial charge on any atom is 0.471 e. The Kier molecular flexibility index (Phi) is 27.3. The highest BCUT2D eigenvalue weighted by Crippen LogP contribution is 2.42. The fourth-order valence-electron chi connectivity index (χ4n) is 3.76. The van der Waals surface area contributed by atoms with E-state index >= 15 is 0 Å². The maximum absolute atomic E-state index is 11.9. The van der Waals surface area contributed by atoms with Gasteiger partial charge in [0.15, 0.2) is 0 Å². The highest BCUT2D eigenvalue weighted by molar-refractivity contribution is 7.51. The van der Waals surface area contributed by atoms with Gasteiger partial charge in [-0.2, -0.15) is 0 Å². The number of amides is 1. The molecule has 2 atom stereocenters. The summed E-state index contributed by atoms with van der Waals surface area (Å²) in [5.41, 5.74) is 7.65. The predicted molar refractivity (Wildman–Crippen MR) is 178 cm³/mol. The summed E-state index contributed by atoms with van der Waals surface area (Å²) in [5, 5.41) is 2.70. The molecule has 1 aromatic rings. The van der Waals surface area contributed by atoms with E-state index < -0.39 is 27.5 Å². The molecule has 0 saturated heterocycles. The summed E-state index contributed by atoms with van der Waals surface area (Å²) in [5.74, 6) is 0.0498. The molecule has 0 spiro atoms. The number of nitrogens with one attached hydrogen (secondary N) is 1. The van der Waals surface area contributed by atoms with Crippen LogP contribution in [0.25, 0.3) is 0 Å². The lowest BCUT2D eigenvalue weighted by atomic mass is 10.1. The Labute approximate surface area is 275 Å². The lowest BCUT2D eigenvalue weighted by Gasteiger charge is -2.13. The molecule has 5 N–H and O–H groups in total. The summed E-state index contributed by atoms with van der Waals surface area (Å²) < 4.78 is 51.2. The fourth-order valence-corrected chi connectivity index (χ4v) is 4.70. The van der Waals surface area contributed by atoms with Gasteiger partial charge < -0.3 is 39.6 Å². The van der Waals surface area contributed by atoms with E-state index in [-0.39, 0.29) is 33.9 Å². The molecule has 0 saturated carbocycles. The zero-order valence-corrected chi connectivity index (χ0v) is 29.2. The first kappa shape index (κ1) is 46.3. The van der Waals surface area contributed by atoms with Crippen LogP contribution in [0.1, 0.15) is 88.8 Å². The second-order valence-corrected chi connectivity index (χ2v) is 13.8. The molecule has 0 heterocycles. The van der Waals surface area contributed by atoms with Crippen LogP contribution in [0.3, 0.4) is 0 Å². The number of aryl methyl sites for hydroxylation is 2. The summed E-state index contributed by atoms with van der Waals surface area (Å²) in [6.45, 7) is 9.00. The first-order valence-electron chi connectivity index (χ1n) is 15.2. The highest BCUT2D eigenvalue weighted by Gasteiger charge is 2.17. The molecule has 1 aromatic carbocycles. The smallest absolute Gasteiger partial charge is 0.445 e. The number of rotatable bonds is 23. The number of phosphoric ester groups is 1. The van der Waals surface area contributed by atoms with Crippen LogP contribution < -0.4 is 15.8 Å². The Morgan fingerprint density at radius 2 is 1.46 bits per heavy atom. The van der Waals surface area contributed by atoms with Gasteiger partial charge >= 0.3 is 27.5 Å². The Morgan fingerprint density at radius 1 is 0.891 bits per heavy atom. The number of esters is 1. The molecule has 1 rings (SSSR count). The minimum atomic E-state index is -3.75. The van der Waals surface area contributed by atoms with E-state index in [9.17, 15) is 18.7 Å². The highest BCUT2D eigenvalue weighted by atomic mass is 31.2. The number of carbonyl (C=O) groups excluding carboxylic acids is 2. The summed E-state index contributed by atoms with van der Waals surface area (Å²) in [6, 6.07) is 3.64. The molecule has 46 heavy (non-hydrogen) atoms. The number of nitrogens with two attached hydrogens (primary N) is 1. The molecule has 0 bridgehead atoms. The quantitative estimate of drug-likeness (QED) is 0.0438. The molecule has 14 nitrogen and oxygen atoms in total. The van der Waals surface area contributed by atoms with Gasteiger partial charge in [0, 0.05) is 26.9 Å². The lowest BCUT2D eigenvalue weighted by Crippen LogP contribution is -2.25. The van der Waals surface area contributed by atoms with E-state index in [4.69, 9.17) is 34.3 Å². The van der Waals surface area contributed by atoms with Crippen LogP contribution in [0.2, 0.25) is 0 Å². The standard InChI is InChI=1S/C22H36NO8P.C7H18NO4P.CH4/c1-5-11-28-16-20(24)31-21-17(2)13-19(14-18(21)3)15-29-22(25)23-10-8-6-7-9-12-30-32(4,26)27;1-11-13(9,10)12-7-5-3-2-4-6-8;/h13-14H,5-12,15-16H2,1-4H3,(H,23,25)(H,26,27);2-8H2,1H3,(H,9,10);1H4. The number of hydrogen-bond acceptors (Lipinski definition) is 11. The monoisotopic (exact) mass is 700 g/mol. The minimum absolute atomic E-state index is 0. The molecule has 0 aromatic heterocycles. The van der Waals surface area contributed by atoms with Crippen LogP contribution in [0, 0.1) is 13.8 Å². The molecule has 0 radical (unpaired) electrons. The number of carbonyl (C=O) groups is 2. The van der Waals surface area contributed by atoms with E-state index in [1.165, 1.54) is 6.66 Å². The number of hydrogen-bond donors (Lipinski definition) is 4. The Balaban J connectivity index is 0. The van der Waals surface area contributed by atoms with Crippen molar-refractivity contribution in [2.24, 2.45) is 5.73 Å². The third-order valence-electron chi connectivity index (χ3n) is 5.93. The van der Waals surface area contributed by atoms with Gasteiger partial charge in [0.1, 0.15) is 19.0 Å². The summed E-state index contributed by atoms with van der Waals surface area (Å²) in [7, 11) is -6.00. The molecule has 0 aliphatic heterocycles. The molecular weight excluding hydrogens is 642 g/mol. The Hall–Kier alpha value is -1.86. The van der Waals surface area contributed by atoms with Crippen LogP contribution in [-0.2, 0) is 43.6 Å². The predicted octanol–water partition coefficient (Wildman–Crippen LogP) is 6.16. The number of alkyl carbamates (subject to hydrolysis) is 1. The molecule has 2 unspecified atom stereocenters. The molecule has 270 valence electrons. The van der Waals surface area contributed by atoms with Gasteiger partial charge in [-0.15, -0.1) is 0 Å². The second kappa shape index (κ2) is 27.1. The van der Waals surface area contributed by atoms with E-state index in [1.807, 2.05) is 32.9 Å². The van der Waals surface area contributed by atoms with Crippen molar-refractivity contribution < 1.29 is 56.3 Å². The first-order valence-corrected chi connectivity index (χ1v) is 18.7. The SMILES string of the molecule is C.CCCOCC(=O)Oc1c(C)cc(COC(=O)NCCCCCCOP(C)(=O)O)cc1C.COP(=O)(O)OCCCCCCN.